The molecule has 0 radical (unpaired) electrons. The van der Waals surface area contributed by atoms with Gasteiger partial charge in [0.15, 0.2) is 0 Å². The van der Waals surface area contributed by atoms with Gasteiger partial charge in [0.1, 0.15) is 19.6 Å². The third-order valence-corrected chi connectivity index (χ3v) is 2.14. The Balaban J connectivity index is 2.74. The van der Waals surface area contributed by atoms with Gasteiger partial charge in [0.05, 0.1) is 11.9 Å². The summed E-state index contributed by atoms with van der Waals surface area (Å²) in [5.41, 5.74) is 5.62. The predicted molar refractivity (Wildman–Crippen MR) is 58.2 cm³/mol. The minimum atomic E-state index is -4.68. The van der Waals surface area contributed by atoms with Gasteiger partial charge in [-0.3, -0.25) is 9.59 Å². The molecule has 0 bridgehead atoms. The monoisotopic (exact) mass is 295 g/mol. The van der Waals surface area contributed by atoms with Crippen LogP contribution in [-0.4, -0.2) is 56.1 Å². The average Bonchev–Trinajstić information content (AvgIpc) is 2.73. The lowest BCUT2D eigenvalue weighted by Crippen LogP contribution is -2.43. The first-order valence-electron chi connectivity index (χ1n) is 5.36. The Labute approximate surface area is 110 Å². The molecular weight excluding hydrogens is 283 g/mol. The van der Waals surface area contributed by atoms with Crippen LogP contribution in [0, 0.1) is 0 Å². The number of hydrogen-bond donors (Lipinski definition) is 2. The van der Waals surface area contributed by atoms with Gasteiger partial charge in [-0.15, -0.1) is 5.10 Å². The summed E-state index contributed by atoms with van der Waals surface area (Å²) in [5.74, 6) is -2.57. The minimum Gasteiger partial charge on any atom is -0.480 e. The van der Waals surface area contributed by atoms with E-state index in [-0.39, 0.29) is 11.4 Å². The van der Waals surface area contributed by atoms with Crippen LogP contribution >= 0.6 is 0 Å². The summed E-state index contributed by atoms with van der Waals surface area (Å²) in [7, 11) is 0. The zero-order valence-corrected chi connectivity index (χ0v) is 10.2. The van der Waals surface area contributed by atoms with Crippen molar-refractivity contribution in [2.24, 2.45) is 5.73 Å². The van der Waals surface area contributed by atoms with E-state index in [1.165, 1.54) is 6.20 Å². The Kier molecular flexibility index (Phi) is 5.02. The van der Waals surface area contributed by atoms with Crippen LogP contribution < -0.4 is 5.73 Å². The fourth-order valence-corrected chi connectivity index (χ4v) is 1.36. The Morgan fingerprint density at radius 1 is 1.45 bits per heavy atom. The number of alkyl halides is 3. The number of amides is 1. The van der Waals surface area contributed by atoms with Crippen LogP contribution in [0.4, 0.5) is 13.2 Å². The molecule has 0 fully saturated rings. The van der Waals surface area contributed by atoms with Crippen molar-refractivity contribution in [2.75, 3.05) is 13.1 Å². The lowest BCUT2D eigenvalue weighted by atomic mass is 10.4. The third-order valence-electron chi connectivity index (χ3n) is 2.14. The van der Waals surface area contributed by atoms with E-state index in [1.807, 2.05) is 0 Å². The number of nitrogens with two attached hydrogens (primary N) is 1. The number of nitrogens with zero attached hydrogens (tertiary/aromatic N) is 4. The molecule has 0 aromatic carbocycles. The fraction of sp³-hybridized carbons (Fsp3) is 0.556. The Morgan fingerprint density at radius 2 is 2.10 bits per heavy atom. The molecule has 0 saturated heterocycles. The van der Waals surface area contributed by atoms with E-state index in [2.05, 4.69) is 10.3 Å². The lowest BCUT2D eigenvalue weighted by molar-refractivity contribution is -0.166. The van der Waals surface area contributed by atoms with Gasteiger partial charge in [0.2, 0.25) is 5.91 Å². The van der Waals surface area contributed by atoms with Gasteiger partial charge in [0.25, 0.3) is 0 Å². The molecule has 3 N–H and O–H groups in total. The molecule has 20 heavy (non-hydrogen) atoms. The molecular formula is C9H12F3N5O3. The van der Waals surface area contributed by atoms with Crippen LogP contribution in [0.3, 0.4) is 0 Å². The maximum Gasteiger partial charge on any atom is 0.406 e. The molecule has 0 spiro atoms. The van der Waals surface area contributed by atoms with E-state index < -0.39 is 37.7 Å². The van der Waals surface area contributed by atoms with Gasteiger partial charge < -0.3 is 15.7 Å². The Bertz CT molecular complexity index is 487. The highest BCUT2D eigenvalue weighted by Crippen LogP contribution is 2.16. The lowest BCUT2D eigenvalue weighted by Gasteiger charge is -2.21. The van der Waals surface area contributed by atoms with Crippen LogP contribution in [0.2, 0.25) is 0 Å². The molecule has 1 amide bonds. The molecule has 1 aromatic heterocycles. The normalized spacial score (nSPS) is 11.4. The summed E-state index contributed by atoms with van der Waals surface area (Å²) in [6, 6.07) is 0. The minimum absolute atomic E-state index is 0.0651. The number of aliphatic carboxylic acids is 1. The highest BCUT2D eigenvalue weighted by molar-refractivity contribution is 5.81. The van der Waals surface area contributed by atoms with Crippen molar-refractivity contribution in [3.05, 3.63) is 11.9 Å². The number of aromatic nitrogens is 3. The summed E-state index contributed by atoms with van der Waals surface area (Å²) < 4.78 is 37.8. The molecule has 112 valence electrons. The number of halogens is 3. The van der Waals surface area contributed by atoms with E-state index in [1.54, 1.807) is 0 Å². The van der Waals surface area contributed by atoms with Crippen molar-refractivity contribution in [3.8, 4) is 0 Å². The summed E-state index contributed by atoms with van der Waals surface area (Å²) in [5, 5.41) is 15.6. The summed E-state index contributed by atoms with van der Waals surface area (Å²) in [6.07, 6.45) is -3.39. The summed E-state index contributed by atoms with van der Waals surface area (Å²) in [6.45, 7) is -3.17. The Morgan fingerprint density at radius 3 is 2.55 bits per heavy atom. The zero-order valence-electron chi connectivity index (χ0n) is 10.2. The zero-order chi connectivity index (χ0) is 15.3. The van der Waals surface area contributed by atoms with Crippen molar-refractivity contribution < 1.29 is 27.9 Å². The standard InChI is InChI=1S/C9H12F3N5O3/c10-9(11,12)5-16(4-8(19)20)7(18)3-17-2-6(1-13)14-15-17/h2H,1,3-5,13H2,(H,19,20). The second-order valence-electron chi connectivity index (χ2n) is 3.87. The first kappa shape index (κ1) is 15.9. The Hall–Kier alpha value is -2.17. The molecule has 0 aliphatic rings. The van der Waals surface area contributed by atoms with E-state index in [0.29, 0.717) is 5.69 Å². The summed E-state index contributed by atoms with van der Waals surface area (Å²) in [4.78, 5) is 22.3. The number of hydrogen-bond acceptors (Lipinski definition) is 5. The van der Waals surface area contributed by atoms with Crippen molar-refractivity contribution in [3.63, 3.8) is 0 Å². The molecule has 0 saturated carbocycles. The van der Waals surface area contributed by atoms with E-state index >= 15 is 0 Å². The topological polar surface area (TPSA) is 114 Å². The number of carboxylic acid groups (broad SMARTS) is 1. The van der Waals surface area contributed by atoms with Gasteiger partial charge >= 0.3 is 12.1 Å². The van der Waals surface area contributed by atoms with Crippen LogP contribution in [0.1, 0.15) is 5.69 Å². The fourth-order valence-electron chi connectivity index (χ4n) is 1.36. The second-order valence-corrected chi connectivity index (χ2v) is 3.87. The molecule has 8 nitrogen and oxygen atoms in total. The SMILES string of the molecule is NCc1cn(CC(=O)N(CC(=O)O)CC(F)(F)F)nn1. The van der Waals surface area contributed by atoms with Crippen molar-refractivity contribution in [1.82, 2.24) is 19.9 Å². The maximum absolute atomic E-state index is 12.3. The van der Waals surface area contributed by atoms with Gasteiger partial charge in [-0.05, 0) is 0 Å². The van der Waals surface area contributed by atoms with Gasteiger partial charge in [-0.1, -0.05) is 5.21 Å². The number of carbonyl (C=O) groups is 2. The quantitative estimate of drug-likeness (QED) is 0.711. The van der Waals surface area contributed by atoms with Crippen LogP contribution in [0.15, 0.2) is 6.20 Å². The highest BCUT2D eigenvalue weighted by atomic mass is 19.4. The van der Waals surface area contributed by atoms with Gasteiger partial charge in [0, 0.05) is 6.54 Å². The molecule has 11 heteroatoms. The van der Waals surface area contributed by atoms with Crippen LogP contribution in [-0.2, 0) is 22.7 Å². The first-order chi connectivity index (χ1) is 9.21. The van der Waals surface area contributed by atoms with E-state index in [0.717, 1.165) is 4.68 Å². The highest BCUT2D eigenvalue weighted by Gasteiger charge is 2.34. The molecule has 0 atom stereocenters. The van der Waals surface area contributed by atoms with Crippen molar-refractivity contribution in [1.29, 1.82) is 0 Å². The second kappa shape index (κ2) is 6.32. The molecule has 0 aliphatic heterocycles. The number of carboxylic acids is 1. The van der Waals surface area contributed by atoms with E-state index in [4.69, 9.17) is 10.8 Å². The largest absolute Gasteiger partial charge is 0.480 e. The molecule has 1 rings (SSSR count). The third kappa shape index (κ3) is 5.22. The van der Waals surface area contributed by atoms with E-state index in [9.17, 15) is 22.8 Å². The van der Waals surface area contributed by atoms with Crippen molar-refractivity contribution in [2.45, 2.75) is 19.3 Å². The molecule has 1 heterocycles. The molecule has 0 aliphatic carbocycles. The number of rotatable bonds is 6. The predicted octanol–water partition coefficient (Wildman–Crippen LogP) is -0.788. The summed E-state index contributed by atoms with van der Waals surface area (Å²) >= 11 is 0. The van der Waals surface area contributed by atoms with Gasteiger partial charge in [-0.25, -0.2) is 4.68 Å². The molecule has 1 aromatic rings. The van der Waals surface area contributed by atoms with Crippen molar-refractivity contribution >= 4 is 11.9 Å². The maximum atomic E-state index is 12.3. The first-order valence-corrected chi connectivity index (χ1v) is 5.36. The smallest absolute Gasteiger partial charge is 0.406 e. The van der Waals surface area contributed by atoms with Gasteiger partial charge in [-0.2, -0.15) is 13.2 Å². The van der Waals surface area contributed by atoms with Crippen LogP contribution in [0.25, 0.3) is 0 Å². The molecule has 0 unspecified atom stereocenters. The van der Waals surface area contributed by atoms with Crippen LogP contribution in [0.5, 0.6) is 0 Å². The number of carbonyl (C=O) groups excluding carboxylic acids is 1. The average molecular weight is 295 g/mol.